The molecule has 2 atom stereocenters. The summed E-state index contributed by atoms with van der Waals surface area (Å²) < 4.78 is 0. The second-order valence-corrected chi connectivity index (χ2v) is 5.63. The number of aryl methyl sites for hydroxylation is 2. The van der Waals surface area contributed by atoms with Crippen LogP contribution in [0.15, 0.2) is 18.2 Å². The van der Waals surface area contributed by atoms with Gasteiger partial charge in [0.25, 0.3) is 0 Å². The summed E-state index contributed by atoms with van der Waals surface area (Å²) >= 11 is 0. The number of aliphatic hydroxyl groups excluding tert-OH is 1. The number of fused-ring (bicyclic) bond motifs is 1. The van der Waals surface area contributed by atoms with Gasteiger partial charge in [-0.15, -0.1) is 0 Å². The normalized spacial score (nSPS) is 17.5. The van der Waals surface area contributed by atoms with Gasteiger partial charge < -0.3 is 10.4 Å². The summed E-state index contributed by atoms with van der Waals surface area (Å²) in [5, 5.41) is 12.5. The Morgan fingerprint density at radius 2 is 2.00 bits per heavy atom. The minimum Gasteiger partial charge on any atom is -0.396 e. The molecule has 0 aliphatic heterocycles. The fraction of sp³-hybridized carbons (Fsp3) is 0.625. The van der Waals surface area contributed by atoms with Gasteiger partial charge in [-0.25, -0.2) is 0 Å². The first-order valence-electron chi connectivity index (χ1n) is 7.16. The third kappa shape index (κ3) is 3.33. The number of nitrogens with one attached hydrogen (secondary N) is 1. The van der Waals surface area contributed by atoms with Gasteiger partial charge in [0, 0.05) is 12.6 Å². The molecule has 0 bridgehead atoms. The van der Waals surface area contributed by atoms with Crippen molar-refractivity contribution in [1.82, 2.24) is 5.32 Å². The molecular formula is C16H25NO. The van der Waals surface area contributed by atoms with Gasteiger partial charge in [-0.1, -0.05) is 25.1 Å². The molecule has 100 valence electrons. The molecule has 0 aromatic heterocycles. The van der Waals surface area contributed by atoms with Crippen molar-refractivity contribution in [3.05, 3.63) is 34.9 Å². The number of rotatable bonds is 6. The zero-order valence-corrected chi connectivity index (χ0v) is 11.6. The molecule has 1 aliphatic carbocycles. The first kappa shape index (κ1) is 13.6. The van der Waals surface area contributed by atoms with Crippen LogP contribution >= 0.6 is 0 Å². The highest BCUT2D eigenvalue weighted by Crippen LogP contribution is 2.25. The topological polar surface area (TPSA) is 32.3 Å². The van der Waals surface area contributed by atoms with E-state index in [4.69, 9.17) is 5.11 Å². The van der Waals surface area contributed by atoms with E-state index in [1.165, 1.54) is 24.8 Å². The summed E-state index contributed by atoms with van der Waals surface area (Å²) in [6, 6.07) is 7.33. The lowest BCUT2D eigenvalue weighted by Crippen LogP contribution is -2.25. The molecule has 1 aromatic carbocycles. The molecule has 0 spiro atoms. The summed E-state index contributed by atoms with van der Waals surface area (Å²) in [4.78, 5) is 0. The van der Waals surface area contributed by atoms with E-state index >= 15 is 0 Å². The molecule has 0 heterocycles. The monoisotopic (exact) mass is 247 g/mol. The lowest BCUT2D eigenvalue weighted by Gasteiger charge is -2.18. The number of aliphatic hydroxyl groups is 1. The molecule has 0 amide bonds. The largest absolute Gasteiger partial charge is 0.396 e. The number of hydrogen-bond acceptors (Lipinski definition) is 2. The smallest absolute Gasteiger partial charge is 0.0434 e. The predicted octanol–water partition coefficient (Wildman–Crippen LogP) is 2.84. The van der Waals surface area contributed by atoms with Gasteiger partial charge in [-0.05, 0) is 61.8 Å². The average molecular weight is 247 g/mol. The Kier molecular flexibility index (Phi) is 4.79. The van der Waals surface area contributed by atoms with Crippen molar-refractivity contribution in [3.63, 3.8) is 0 Å². The zero-order valence-electron chi connectivity index (χ0n) is 11.6. The summed E-state index contributed by atoms with van der Waals surface area (Å²) in [7, 11) is 0. The van der Waals surface area contributed by atoms with Crippen LogP contribution in [0.2, 0.25) is 0 Å². The second-order valence-electron chi connectivity index (χ2n) is 5.63. The Hall–Kier alpha value is -0.860. The van der Waals surface area contributed by atoms with Crippen molar-refractivity contribution < 1.29 is 5.11 Å². The minimum absolute atomic E-state index is 0.288. The van der Waals surface area contributed by atoms with Gasteiger partial charge in [0.2, 0.25) is 0 Å². The molecule has 18 heavy (non-hydrogen) atoms. The third-order valence-corrected chi connectivity index (χ3v) is 4.02. The molecule has 0 saturated heterocycles. The van der Waals surface area contributed by atoms with Gasteiger partial charge in [0.05, 0.1) is 0 Å². The van der Waals surface area contributed by atoms with E-state index in [9.17, 15) is 0 Å². The number of hydrogen-bond donors (Lipinski definition) is 2. The van der Waals surface area contributed by atoms with Gasteiger partial charge in [-0.2, -0.15) is 0 Å². The molecule has 0 fully saturated rings. The Balaban J connectivity index is 1.90. The van der Waals surface area contributed by atoms with Gasteiger partial charge in [0.1, 0.15) is 0 Å². The zero-order chi connectivity index (χ0) is 13.0. The van der Waals surface area contributed by atoms with E-state index < -0.39 is 0 Å². The molecular weight excluding hydrogens is 222 g/mol. The molecule has 2 heteroatoms. The summed E-state index contributed by atoms with van der Waals surface area (Å²) in [6.45, 7) is 5.66. The fourth-order valence-corrected chi connectivity index (χ4v) is 2.68. The molecule has 2 unspecified atom stereocenters. The first-order valence-corrected chi connectivity index (χ1v) is 7.16. The fourth-order valence-electron chi connectivity index (χ4n) is 2.68. The van der Waals surface area contributed by atoms with Crippen molar-refractivity contribution >= 4 is 0 Å². The Morgan fingerprint density at radius 1 is 1.22 bits per heavy atom. The van der Waals surface area contributed by atoms with E-state index in [0.717, 1.165) is 13.0 Å². The van der Waals surface area contributed by atoms with Crippen LogP contribution in [0, 0.1) is 5.92 Å². The molecule has 2 nitrogen and oxygen atoms in total. The van der Waals surface area contributed by atoms with Crippen molar-refractivity contribution in [3.8, 4) is 0 Å². The maximum atomic E-state index is 8.90. The van der Waals surface area contributed by atoms with E-state index in [-0.39, 0.29) is 6.61 Å². The van der Waals surface area contributed by atoms with E-state index in [1.807, 2.05) is 0 Å². The molecule has 1 aromatic rings. The summed E-state index contributed by atoms with van der Waals surface area (Å²) in [5.74, 6) is 0.534. The van der Waals surface area contributed by atoms with Crippen LogP contribution in [0.1, 0.15) is 49.4 Å². The van der Waals surface area contributed by atoms with Crippen LogP contribution in [-0.2, 0) is 12.8 Å². The highest BCUT2D eigenvalue weighted by atomic mass is 16.3. The van der Waals surface area contributed by atoms with Gasteiger partial charge in [0.15, 0.2) is 0 Å². The minimum atomic E-state index is 0.288. The van der Waals surface area contributed by atoms with Gasteiger partial charge >= 0.3 is 0 Å². The van der Waals surface area contributed by atoms with Crippen LogP contribution < -0.4 is 5.32 Å². The maximum Gasteiger partial charge on any atom is 0.0434 e. The molecule has 2 N–H and O–H groups in total. The Bertz CT molecular complexity index is 389. The molecule has 1 aliphatic rings. The van der Waals surface area contributed by atoms with Crippen molar-refractivity contribution in [2.45, 2.75) is 45.6 Å². The van der Waals surface area contributed by atoms with Crippen molar-refractivity contribution in [2.24, 2.45) is 5.92 Å². The third-order valence-electron chi connectivity index (χ3n) is 4.02. The van der Waals surface area contributed by atoms with Crippen molar-refractivity contribution in [1.29, 1.82) is 0 Å². The van der Waals surface area contributed by atoms with E-state index in [1.54, 1.807) is 11.1 Å². The lowest BCUT2D eigenvalue weighted by atomic mass is 10.0. The molecule has 2 rings (SSSR count). The number of benzene rings is 1. The maximum absolute atomic E-state index is 8.90. The first-order chi connectivity index (χ1) is 8.70. The lowest BCUT2D eigenvalue weighted by molar-refractivity contribution is 0.258. The summed E-state index contributed by atoms with van der Waals surface area (Å²) in [5.41, 5.74) is 4.48. The van der Waals surface area contributed by atoms with Crippen LogP contribution in [0.25, 0.3) is 0 Å². The van der Waals surface area contributed by atoms with Crippen LogP contribution in [-0.4, -0.2) is 18.3 Å². The van der Waals surface area contributed by atoms with E-state index in [2.05, 4.69) is 37.4 Å². The molecule has 0 saturated carbocycles. The van der Waals surface area contributed by atoms with Crippen molar-refractivity contribution in [2.75, 3.05) is 13.2 Å². The second kappa shape index (κ2) is 6.35. The van der Waals surface area contributed by atoms with Gasteiger partial charge in [-0.3, -0.25) is 0 Å². The summed E-state index contributed by atoms with van der Waals surface area (Å²) in [6.07, 6.45) is 4.69. The Labute approximate surface area is 110 Å². The highest BCUT2D eigenvalue weighted by Gasteiger charge is 2.13. The van der Waals surface area contributed by atoms with Crippen LogP contribution in [0.5, 0.6) is 0 Å². The standard InChI is InChI=1S/C16H25NO/c1-12(8-9-18)11-17-13(2)15-7-6-14-4-3-5-16(14)10-15/h6-7,10,12-13,17-18H,3-5,8-9,11H2,1-2H3. The average Bonchev–Trinajstić information content (AvgIpc) is 2.83. The highest BCUT2D eigenvalue weighted by molar-refractivity contribution is 5.36. The van der Waals surface area contributed by atoms with Crippen LogP contribution in [0.3, 0.4) is 0 Å². The predicted molar refractivity (Wildman–Crippen MR) is 75.8 cm³/mol. The van der Waals surface area contributed by atoms with E-state index in [0.29, 0.717) is 12.0 Å². The van der Waals surface area contributed by atoms with Crippen LogP contribution in [0.4, 0.5) is 0 Å². The molecule has 0 radical (unpaired) electrons. The Morgan fingerprint density at radius 3 is 2.78 bits per heavy atom. The quantitative estimate of drug-likeness (QED) is 0.810. The SMILES string of the molecule is CC(CCO)CNC(C)c1ccc2c(c1)CCC2.